The van der Waals surface area contributed by atoms with E-state index in [4.69, 9.17) is 5.26 Å². The zero-order chi connectivity index (χ0) is 11.1. The minimum absolute atomic E-state index is 0.145. The quantitative estimate of drug-likeness (QED) is 0.754. The van der Waals surface area contributed by atoms with Crippen LogP contribution in [0, 0.1) is 16.2 Å². The maximum absolute atomic E-state index is 10.9. The van der Waals surface area contributed by atoms with E-state index in [1.165, 1.54) is 0 Å². The zero-order valence-electron chi connectivity index (χ0n) is 7.93. The molecule has 1 amide bonds. The molecule has 1 rings (SSSR count). The van der Waals surface area contributed by atoms with Crippen molar-refractivity contribution < 1.29 is 4.79 Å². The van der Waals surface area contributed by atoms with Gasteiger partial charge < -0.3 is 5.32 Å². The van der Waals surface area contributed by atoms with E-state index in [1.54, 1.807) is 30.3 Å². The lowest BCUT2D eigenvalue weighted by Gasteiger charge is -2.02. The van der Waals surface area contributed by atoms with Crippen LogP contribution in [0.2, 0.25) is 0 Å². The summed E-state index contributed by atoms with van der Waals surface area (Å²) in [6.45, 7) is 0.347. The van der Waals surface area contributed by atoms with E-state index in [-0.39, 0.29) is 12.3 Å². The van der Waals surface area contributed by atoms with Gasteiger partial charge in [-0.05, 0) is 22.9 Å². The molecule has 1 N–H and O–H groups in total. The van der Waals surface area contributed by atoms with Crippen LogP contribution in [-0.2, 0) is 11.3 Å². The van der Waals surface area contributed by atoms with Crippen molar-refractivity contribution in [1.29, 1.82) is 5.26 Å². The highest BCUT2D eigenvalue weighted by atomic mass is 16.3. The van der Waals surface area contributed by atoms with Crippen LogP contribution in [0.1, 0.15) is 12.0 Å². The number of hydrogen-bond acceptors (Lipinski definition) is 4. The van der Waals surface area contributed by atoms with Crippen LogP contribution in [-0.4, -0.2) is 5.91 Å². The van der Waals surface area contributed by atoms with Crippen LogP contribution in [0.25, 0.3) is 0 Å². The molecule has 1 aromatic carbocycles. The van der Waals surface area contributed by atoms with E-state index in [2.05, 4.69) is 10.5 Å². The van der Waals surface area contributed by atoms with Gasteiger partial charge >= 0.3 is 0 Å². The van der Waals surface area contributed by atoms with Gasteiger partial charge in [0.05, 0.1) is 6.07 Å². The number of amides is 1. The number of nitroso groups, excluding NO2 is 1. The summed E-state index contributed by atoms with van der Waals surface area (Å²) in [7, 11) is 0. The van der Waals surface area contributed by atoms with Crippen molar-refractivity contribution in [3.8, 4) is 6.07 Å². The van der Waals surface area contributed by atoms with E-state index in [0.717, 1.165) is 5.56 Å². The summed E-state index contributed by atoms with van der Waals surface area (Å²) in [5, 5.41) is 13.6. The molecule has 0 aromatic heterocycles. The van der Waals surface area contributed by atoms with Crippen LogP contribution in [0.15, 0.2) is 29.4 Å². The monoisotopic (exact) mass is 203 g/mol. The number of carbonyl (C=O) groups excluding carboxylic acids is 1. The Morgan fingerprint density at radius 1 is 1.40 bits per heavy atom. The Kier molecular flexibility index (Phi) is 3.98. The lowest BCUT2D eigenvalue weighted by Crippen LogP contribution is -2.21. The van der Waals surface area contributed by atoms with Gasteiger partial charge in [0.15, 0.2) is 0 Å². The first-order valence-electron chi connectivity index (χ1n) is 4.32. The number of nitriles is 1. The summed E-state index contributed by atoms with van der Waals surface area (Å²) in [6, 6.07) is 8.29. The van der Waals surface area contributed by atoms with Crippen LogP contribution in [0.3, 0.4) is 0 Å². The molecule has 0 saturated heterocycles. The fourth-order valence-electron chi connectivity index (χ4n) is 1.01. The van der Waals surface area contributed by atoms with Gasteiger partial charge in [-0.1, -0.05) is 12.1 Å². The maximum atomic E-state index is 10.9. The van der Waals surface area contributed by atoms with Gasteiger partial charge in [0.1, 0.15) is 12.1 Å². The number of hydrogen-bond donors (Lipinski definition) is 1. The molecule has 0 saturated carbocycles. The average Bonchev–Trinajstić information content (AvgIpc) is 2.27. The van der Waals surface area contributed by atoms with E-state index in [9.17, 15) is 9.70 Å². The molecule has 0 bridgehead atoms. The normalized spacial score (nSPS) is 9.00. The van der Waals surface area contributed by atoms with Gasteiger partial charge in [0.2, 0.25) is 5.91 Å². The molecule has 76 valence electrons. The van der Waals surface area contributed by atoms with Crippen molar-refractivity contribution in [2.24, 2.45) is 5.18 Å². The predicted molar refractivity (Wildman–Crippen MR) is 54.0 cm³/mol. The lowest BCUT2D eigenvalue weighted by molar-refractivity contribution is -0.120. The molecule has 5 nitrogen and oxygen atoms in total. The molecule has 5 heteroatoms. The molecule has 0 aliphatic heterocycles. The lowest BCUT2D eigenvalue weighted by atomic mass is 10.2. The molecule has 0 aliphatic rings. The van der Waals surface area contributed by atoms with Gasteiger partial charge in [-0.25, -0.2) is 0 Å². The van der Waals surface area contributed by atoms with Gasteiger partial charge in [-0.3, -0.25) is 4.79 Å². The highest BCUT2D eigenvalue weighted by Gasteiger charge is 1.99. The Hall–Kier alpha value is -2.22. The van der Waals surface area contributed by atoms with Crippen molar-refractivity contribution in [3.05, 3.63) is 34.7 Å². The van der Waals surface area contributed by atoms with Gasteiger partial charge in [0, 0.05) is 6.54 Å². The molecular formula is C10H9N3O2. The van der Waals surface area contributed by atoms with Gasteiger partial charge in [-0.15, -0.1) is 4.91 Å². The van der Waals surface area contributed by atoms with Crippen molar-refractivity contribution in [3.63, 3.8) is 0 Å². The molecular weight excluding hydrogens is 194 g/mol. The Bertz CT molecular complexity index is 392. The van der Waals surface area contributed by atoms with Gasteiger partial charge in [-0.2, -0.15) is 5.26 Å². The van der Waals surface area contributed by atoms with Gasteiger partial charge in [0.25, 0.3) is 0 Å². The molecule has 0 spiro atoms. The second-order valence-electron chi connectivity index (χ2n) is 2.87. The van der Waals surface area contributed by atoms with Crippen LogP contribution in [0.4, 0.5) is 5.69 Å². The topological polar surface area (TPSA) is 82.3 Å². The molecule has 0 unspecified atom stereocenters. The number of nitrogens with one attached hydrogen (secondary N) is 1. The Balaban J connectivity index is 2.48. The summed E-state index contributed by atoms with van der Waals surface area (Å²) in [5.41, 5.74) is 1.20. The van der Waals surface area contributed by atoms with E-state index in [0.29, 0.717) is 12.2 Å². The molecule has 0 fully saturated rings. The fraction of sp³-hybridized carbons (Fsp3) is 0.200. The third-order valence-corrected chi connectivity index (χ3v) is 1.77. The molecule has 0 radical (unpaired) electrons. The average molecular weight is 203 g/mol. The number of benzene rings is 1. The highest BCUT2D eigenvalue weighted by Crippen LogP contribution is 2.11. The Morgan fingerprint density at radius 2 is 2.07 bits per heavy atom. The van der Waals surface area contributed by atoms with Crippen molar-refractivity contribution >= 4 is 11.6 Å². The second-order valence-corrected chi connectivity index (χ2v) is 2.87. The van der Waals surface area contributed by atoms with E-state index in [1.807, 2.05) is 0 Å². The number of rotatable bonds is 4. The summed E-state index contributed by atoms with van der Waals surface area (Å²) in [6.07, 6.45) is -0.145. The molecule has 0 heterocycles. The first kappa shape index (κ1) is 10.9. The Labute approximate surface area is 86.7 Å². The number of nitrogens with zero attached hydrogens (tertiary/aromatic N) is 2. The minimum Gasteiger partial charge on any atom is -0.351 e. The number of carbonyl (C=O) groups is 1. The van der Waals surface area contributed by atoms with Crippen LogP contribution in [0.5, 0.6) is 0 Å². The van der Waals surface area contributed by atoms with E-state index >= 15 is 0 Å². The first-order chi connectivity index (χ1) is 7.26. The minimum atomic E-state index is -0.310. The smallest absolute Gasteiger partial charge is 0.234 e. The molecule has 1 aromatic rings. The van der Waals surface area contributed by atoms with Crippen LogP contribution < -0.4 is 5.32 Å². The third-order valence-electron chi connectivity index (χ3n) is 1.77. The Morgan fingerprint density at radius 3 is 2.60 bits per heavy atom. The summed E-state index contributed by atoms with van der Waals surface area (Å²) >= 11 is 0. The fourth-order valence-corrected chi connectivity index (χ4v) is 1.01. The van der Waals surface area contributed by atoms with Crippen molar-refractivity contribution in [1.82, 2.24) is 5.32 Å². The summed E-state index contributed by atoms with van der Waals surface area (Å²) in [5.74, 6) is -0.310. The third kappa shape index (κ3) is 3.56. The SMILES string of the molecule is N#CCC(=O)NCc1ccc(N=O)cc1. The highest BCUT2D eigenvalue weighted by molar-refractivity contribution is 5.77. The summed E-state index contributed by atoms with van der Waals surface area (Å²) in [4.78, 5) is 21.1. The van der Waals surface area contributed by atoms with Crippen molar-refractivity contribution in [2.45, 2.75) is 13.0 Å². The second kappa shape index (κ2) is 5.50. The standard InChI is InChI=1S/C10H9N3O2/c11-6-5-10(14)12-7-8-1-3-9(13-15)4-2-8/h1-4H,5,7H2,(H,12,14). The largest absolute Gasteiger partial charge is 0.351 e. The first-order valence-corrected chi connectivity index (χ1v) is 4.32. The van der Waals surface area contributed by atoms with E-state index < -0.39 is 0 Å². The maximum Gasteiger partial charge on any atom is 0.234 e. The van der Waals surface area contributed by atoms with Crippen molar-refractivity contribution in [2.75, 3.05) is 0 Å². The summed E-state index contributed by atoms with van der Waals surface area (Å²) < 4.78 is 0. The molecule has 0 atom stereocenters. The molecule has 15 heavy (non-hydrogen) atoms. The van der Waals surface area contributed by atoms with Crippen LogP contribution >= 0.6 is 0 Å². The predicted octanol–water partition coefficient (Wildman–Crippen LogP) is 1.61. The zero-order valence-corrected chi connectivity index (χ0v) is 7.93. The molecule has 0 aliphatic carbocycles.